The van der Waals surface area contributed by atoms with Gasteiger partial charge in [0.05, 0.1) is 81.7 Å². The zero-order valence-corrected chi connectivity index (χ0v) is 68.1. The summed E-state index contributed by atoms with van der Waals surface area (Å²) in [5, 5.41) is 29.6. The van der Waals surface area contributed by atoms with E-state index in [0.717, 1.165) is 16.7 Å². The molecule has 2 amide bonds. The molecular formula is C77H99N15O10P2SSi2. The first-order chi connectivity index (χ1) is 51.2. The van der Waals surface area contributed by atoms with Gasteiger partial charge in [-0.2, -0.15) is 10.5 Å². The second-order valence-electron chi connectivity index (χ2n) is 30.0. The maximum absolute atomic E-state index is 13.8. The average molecular weight is 1540 g/mol. The molecule has 4 N–H and O–H groups in total. The van der Waals surface area contributed by atoms with Gasteiger partial charge in [0.1, 0.15) is 37.1 Å². The Bertz CT molecular complexity index is 4470. The van der Waals surface area contributed by atoms with Gasteiger partial charge in [-0.3, -0.25) is 24.0 Å². The molecule has 25 nitrogen and oxygen atoms in total. The van der Waals surface area contributed by atoms with E-state index < -0.39 is 97.8 Å². The molecule has 9 aromatic rings. The molecule has 30 heteroatoms. The Morgan fingerprint density at radius 3 is 1.41 bits per heavy atom. The number of aromatic nitrogens is 8. The van der Waals surface area contributed by atoms with Gasteiger partial charge in [-0.15, -0.1) is 0 Å². The van der Waals surface area contributed by atoms with Gasteiger partial charge >= 0.3 is 0 Å². The number of amides is 2. The number of carbonyl (C=O) groups is 2. The Balaban J connectivity index is 1.04. The molecule has 0 saturated carbocycles. The van der Waals surface area contributed by atoms with Crippen LogP contribution in [0.1, 0.15) is 132 Å². The van der Waals surface area contributed by atoms with Gasteiger partial charge in [0.2, 0.25) is 0 Å². The monoisotopic (exact) mass is 1540 g/mol. The minimum atomic E-state index is -2.80. The predicted octanol–water partition coefficient (Wildman–Crippen LogP) is 14.6. The summed E-state index contributed by atoms with van der Waals surface area (Å²) in [5.74, 6) is -0.300. The molecule has 6 heterocycles. The number of nitrogens with one attached hydrogen (secondary N) is 4. The van der Waals surface area contributed by atoms with Crippen LogP contribution in [0.15, 0.2) is 177 Å². The fourth-order valence-electron chi connectivity index (χ4n) is 12.7. The van der Waals surface area contributed by atoms with Crippen LogP contribution in [0.25, 0.3) is 22.3 Å². The van der Waals surface area contributed by atoms with Crippen LogP contribution in [0.4, 0.5) is 11.6 Å². The number of nitrogens with zero attached hydrogens (tertiary/aromatic N) is 11. The molecule has 0 bridgehead atoms. The molecule has 566 valence electrons. The lowest BCUT2D eigenvalue weighted by Gasteiger charge is -2.44. The quantitative estimate of drug-likeness (QED) is 0.0132. The van der Waals surface area contributed by atoms with Gasteiger partial charge in [0, 0.05) is 41.3 Å². The smallest absolute Gasteiger partial charge is 0.259 e. The molecule has 4 aromatic heterocycles. The third-order valence-electron chi connectivity index (χ3n) is 20.1. The number of benzene rings is 5. The molecule has 5 aromatic carbocycles. The number of nitriles is 2. The highest BCUT2D eigenvalue weighted by Gasteiger charge is 2.56. The summed E-state index contributed by atoms with van der Waals surface area (Å²) in [7, 11) is -9.85. The second kappa shape index (κ2) is 35.3. The third kappa shape index (κ3) is 18.5. The van der Waals surface area contributed by atoms with E-state index in [2.05, 4.69) is 179 Å². The van der Waals surface area contributed by atoms with Crippen molar-refractivity contribution in [2.75, 3.05) is 37.1 Å². The summed E-state index contributed by atoms with van der Waals surface area (Å²) >= 11 is 0. The van der Waals surface area contributed by atoms with Crippen LogP contribution >= 0.6 is 16.1 Å². The van der Waals surface area contributed by atoms with E-state index in [9.17, 15) is 20.1 Å². The molecule has 11 atom stereocenters. The summed E-state index contributed by atoms with van der Waals surface area (Å²) in [5.41, 5.74) is 4.19. The molecular weight excluding hydrogens is 1450 g/mol. The summed E-state index contributed by atoms with van der Waals surface area (Å²) < 4.78 is 68.1. The third-order valence-corrected chi connectivity index (χ3v) is 34.3. The van der Waals surface area contributed by atoms with Gasteiger partial charge in [-0.25, -0.2) is 39.3 Å². The first kappa shape index (κ1) is 80.3. The highest BCUT2D eigenvalue weighted by molar-refractivity contribution is 8.15. The normalized spacial score (nSPS) is 20.1. The van der Waals surface area contributed by atoms with Crippen molar-refractivity contribution < 1.29 is 45.7 Å². The zero-order valence-electron chi connectivity index (χ0n) is 63.2. The highest BCUT2D eigenvalue weighted by Crippen LogP contribution is 2.50. The lowest BCUT2D eigenvalue weighted by atomic mass is 9.76. The van der Waals surface area contributed by atoms with Crippen LogP contribution in [0.3, 0.4) is 0 Å². The van der Waals surface area contributed by atoms with Gasteiger partial charge in [-0.1, -0.05) is 169 Å². The molecule has 0 spiro atoms. The van der Waals surface area contributed by atoms with Gasteiger partial charge in [0.15, 0.2) is 63.1 Å². The van der Waals surface area contributed by atoms with Crippen LogP contribution in [0, 0.1) is 22.7 Å². The highest BCUT2D eigenvalue weighted by atomic mass is 32.5. The number of imidazole rings is 2. The van der Waals surface area contributed by atoms with Crippen molar-refractivity contribution in [3.63, 3.8) is 0 Å². The first-order valence-corrected chi connectivity index (χ1v) is 46.1. The SMILES string of the molecule is CC(C)N(C(C)C)P(OCCC#N)OC[C@H]1O[C@@H](n2cnc3c(NC(=O)c4ccccc4)ncnc32)[C@H](O[Si](C)(C)C(C)(C)C)[C@@H]1N/S(OCCC#N)=[PH2]\OC[C@H]1O[C@@H](n2cnc3c(NC(=O)c4ccccc4)ncnc32)[C@H](O[Si](C)(C)C(C)(C)C)[C@@H]1NC(c1ccccc1)(c1ccccc1)c1ccccc1. The van der Waals surface area contributed by atoms with Gasteiger partial charge < -0.3 is 46.7 Å². The largest absolute Gasteiger partial charge is 0.408 e. The summed E-state index contributed by atoms with van der Waals surface area (Å²) in [4.78, 5) is 56.1. The first-order valence-electron chi connectivity index (χ1n) is 36.1. The van der Waals surface area contributed by atoms with Crippen molar-refractivity contribution in [3.05, 3.63) is 205 Å². The summed E-state index contributed by atoms with van der Waals surface area (Å²) in [6.07, 6.45) is 1.30. The molecule has 0 radical (unpaired) electrons. The fourth-order valence-corrected chi connectivity index (χ4v) is 20.0. The summed E-state index contributed by atoms with van der Waals surface area (Å²) in [6.45, 7) is 30.5. The molecule has 2 fully saturated rings. The Kier molecular flexibility index (Phi) is 26.5. The number of hydrogen-bond donors (Lipinski definition) is 4. The van der Waals surface area contributed by atoms with Crippen molar-refractivity contribution in [2.45, 2.75) is 185 Å². The molecule has 2 aliphatic rings. The van der Waals surface area contributed by atoms with Crippen molar-refractivity contribution in [2.24, 2.45) is 0 Å². The number of fused-ring (bicyclic) bond motifs is 2. The Morgan fingerprint density at radius 2 is 0.991 bits per heavy atom. The van der Waals surface area contributed by atoms with E-state index in [1.54, 1.807) is 61.2 Å². The lowest BCUT2D eigenvalue weighted by Crippen LogP contribution is -2.59. The van der Waals surface area contributed by atoms with E-state index >= 15 is 0 Å². The van der Waals surface area contributed by atoms with Crippen molar-refractivity contribution >= 4 is 89.1 Å². The van der Waals surface area contributed by atoms with Crippen molar-refractivity contribution in [1.29, 1.82) is 10.5 Å². The molecule has 2 saturated heterocycles. The van der Waals surface area contributed by atoms with E-state index in [-0.39, 0.29) is 84.9 Å². The number of rotatable bonds is 32. The van der Waals surface area contributed by atoms with Crippen LogP contribution < -0.4 is 20.7 Å². The van der Waals surface area contributed by atoms with Crippen molar-refractivity contribution in [3.8, 4) is 12.1 Å². The van der Waals surface area contributed by atoms with Crippen LogP contribution in [-0.2, 0) is 52.2 Å². The molecule has 0 aliphatic carbocycles. The van der Waals surface area contributed by atoms with Crippen LogP contribution in [-0.4, -0.2) is 147 Å². The number of ether oxygens (including phenoxy) is 2. The molecule has 3 unspecified atom stereocenters. The standard InChI is InChI=1S/C77H99N15O10P2SSi2/c1-52(2)92(53(3)4)104(96-44-30-42-78)97-47-60-62(66(102-107(13,14)76(8,9)10)74(100-60)91-51-85-64-68(81-49-83-70(64)91)87-72(94)55-34-22-16-23-35-55)89-105(98-45-31-43-79)103-95-46-59-61(88-77(56-36-24-17-25-37-56,57-38-26-18-27-39-57)58-40-28-19-29-41-58)65(101-106(11,12)75(5,6)7)73(99-59)90-50-84-63-67(80-48-82-69(63)90)86-71(93)54-32-20-15-21-33-54/h15-29,32-41,48-53,59-62,65-66,73-74,88-89H,30-31,44-47,103H2,1-14H3,(H,80,82,86,93)(H,81,83,87,94)/t59-,60-,61-,62-,65-,66-,73-,74-,104?,105?/m1/s1. The Labute approximate surface area is 634 Å². The molecule has 107 heavy (non-hydrogen) atoms. The Morgan fingerprint density at radius 1 is 0.579 bits per heavy atom. The minimum Gasteiger partial charge on any atom is -0.408 e. The van der Waals surface area contributed by atoms with E-state index in [1.165, 1.54) is 12.7 Å². The maximum atomic E-state index is 13.8. The topological polar surface area (TPSA) is 294 Å². The fraction of sp³-hybridized carbons (Fsp3) is 0.429. The molecule has 2 aliphatic heterocycles. The van der Waals surface area contributed by atoms with Gasteiger partial charge in [-0.05, 0) is 105 Å². The van der Waals surface area contributed by atoms with E-state index in [4.69, 9.17) is 56.0 Å². The van der Waals surface area contributed by atoms with E-state index in [1.807, 2.05) is 75.9 Å². The predicted molar refractivity (Wildman–Crippen MR) is 425 cm³/mol. The maximum Gasteiger partial charge on any atom is 0.259 e. The number of carbonyl (C=O) groups excluding carboxylic acids is 2. The lowest BCUT2D eigenvalue weighted by molar-refractivity contribution is -0.0446. The zero-order chi connectivity index (χ0) is 76.3. The molecule has 11 rings (SSSR count). The van der Waals surface area contributed by atoms with Crippen LogP contribution in [0.5, 0.6) is 0 Å². The number of hydrogen-bond acceptors (Lipinski definition) is 20. The second-order valence-corrected chi connectivity index (χ2v) is 44.4. The van der Waals surface area contributed by atoms with Crippen molar-refractivity contribution in [1.82, 2.24) is 53.7 Å². The minimum absolute atomic E-state index is 0.00320. The van der Waals surface area contributed by atoms with E-state index in [0.29, 0.717) is 33.5 Å². The van der Waals surface area contributed by atoms with Crippen LogP contribution in [0.2, 0.25) is 36.3 Å². The van der Waals surface area contributed by atoms with Gasteiger partial charge in [0.25, 0.3) is 20.3 Å². The number of anilines is 2. The Hall–Kier alpha value is -7.68. The summed E-state index contributed by atoms with van der Waals surface area (Å²) in [6, 6.07) is 52.0. The average Bonchev–Trinajstić information content (AvgIpc) is 1.69.